The van der Waals surface area contributed by atoms with E-state index in [0.717, 1.165) is 0 Å². The number of hydrogen-bond donors (Lipinski definition) is 2. The summed E-state index contributed by atoms with van der Waals surface area (Å²) in [5.74, 6) is 0.0549. The first-order valence-electron chi connectivity index (χ1n) is 5.58. The van der Waals surface area contributed by atoms with Crippen LogP contribution in [0.5, 0.6) is 0 Å². The number of nitrogens with one attached hydrogen (secondary N) is 1. The van der Waals surface area contributed by atoms with Gasteiger partial charge in [-0.2, -0.15) is 0 Å². The number of amides is 1. The second-order valence-electron chi connectivity index (χ2n) is 4.57. The first-order chi connectivity index (χ1) is 7.56. The molecule has 1 aromatic rings. The average molecular weight is 220 g/mol. The van der Waals surface area contributed by atoms with Gasteiger partial charge in [0.05, 0.1) is 0 Å². The molecule has 0 heterocycles. The van der Waals surface area contributed by atoms with E-state index < -0.39 is 0 Å². The summed E-state index contributed by atoms with van der Waals surface area (Å²) in [4.78, 5) is 11.6. The summed E-state index contributed by atoms with van der Waals surface area (Å²) in [5, 5.41) is 2.79. The molecule has 1 amide bonds. The fraction of sp³-hybridized carbons (Fsp3) is 0.462. The average Bonchev–Trinajstić information content (AvgIpc) is 2.27. The largest absolute Gasteiger partial charge is 0.355 e. The highest BCUT2D eigenvalue weighted by atomic mass is 16.1. The summed E-state index contributed by atoms with van der Waals surface area (Å²) >= 11 is 0. The van der Waals surface area contributed by atoms with Gasteiger partial charge in [-0.15, -0.1) is 0 Å². The van der Waals surface area contributed by atoms with Crippen molar-refractivity contribution in [3.05, 3.63) is 35.9 Å². The molecule has 3 N–H and O–H groups in total. The van der Waals surface area contributed by atoms with E-state index >= 15 is 0 Å². The Morgan fingerprint density at radius 2 is 1.94 bits per heavy atom. The number of carbonyl (C=O) groups is 1. The Morgan fingerprint density at radius 1 is 1.31 bits per heavy atom. The highest BCUT2D eigenvalue weighted by Crippen LogP contribution is 2.26. The first kappa shape index (κ1) is 12.7. The molecule has 3 heteroatoms. The lowest BCUT2D eigenvalue weighted by atomic mass is 9.81. The molecule has 0 spiro atoms. The van der Waals surface area contributed by atoms with Crippen LogP contribution in [0.1, 0.15) is 25.8 Å². The van der Waals surface area contributed by atoms with Gasteiger partial charge in [-0.3, -0.25) is 4.79 Å². The van der Waals surface area contributed by atoms with Crippen LogP contribution in [0.3, 0.4) is 0 Å². The molecular weight excluding hydrogens is 200 g/mol. The summed E-state index contributed by atoms with van der Waals surface area (Å²) in [5.41, 5.74) is 6.38. The Morgan fingerprint density at radius 3 is 2.50 bits per heavy atom. The molecule has 0 aromatic heterocycles. The van der Waals surface area contributed by atoms with Gasteiger partial charge in [-0.25, -0.2) is 0 Å². The zero-order valence-corrected chi connectivity index (χ0v) is 9.99. The molecule has 16 heavy (non-hydrogen) atoms. The van der Waals surface area contributed by atoms with Crippen molar-refractivity contribution in [3.8, 4) is 0 Å². The lowest BCUT2D eigenvalue weighted by molar-refractivity contribution is -0.122. The van der Waals surface area contributed by atoms with E-state index in [-0.39, 0.29) is 11.3 Å². The van der Waals surface area contributed by atoms with Crippen LogP contribution in [0.15, 0.2) is 30.3 Å². The van der Waals surface area contributed by atoms with Crippen molar-refractivity contribution in [2.75, 3.05) is 13.1 Å². The summed E-state index contributed by atoms with van der Waals surface area (Å²) in [6, 6.07) is 10.1. The number of hydrogen-bond acceptors (Lipinski definition) is 2. The molecular formula is C13H20N2O. The second kappa shape index (κ2) is 5.66. The maximum absolute atomic E-state index is 11.6. The van der Waals surface area contributed by atoms with E-state index in [1.54, 1.807) is 0 Å². The Bertz CT molecular complexity index is 333. The van der Waals surface area contributed by atoms with Crippen LogP contribution in [-0.2, 0) is 10.2 Å². The molecule has 1 rings (SSSR count). The van der Waals surface area contributed by atoms with Crippen molar-refractivity contribution in [2.45, 2.75) is 25.7 Å². The van der Waals surface area contributed by atoms with Crippen molar-refractivity contribution in [2.24, 2.45) is 5.73 Å². The van der Waals surface area contributed by atoms with Crippen LogP contribution in [0.25, 0.3) is 0 Å². The summed E-state index contributed by atoms with van der Waals surface area (Å²) in [7, 11) is 0. The lowest BCUT2D eigenvalue weighted by Crippen LogP contribution is -2.33. The topological polar surface area (TPSA) is 55.1 Å². The van der Waals surface area contributed by atoms with Gasteiger partial charge in [-0.05, 0) is 11.0 Å². The number of benzene rings is 1. The van der Waals surface area contributed by atoms with Crippen molar-refractivity contribution in [1.29, 1.82) is 0 Å². The van der Waals surface area contributed by atoms with Gasteiger partial charge in [0, 0.05) is 19.5 Å². The van der Waals surface area contributed by atoms with Crippen LogP contribution in [0.4, 0.5) is 0 Å². The monoisotopic (exact) mass is 220 g/mol. The molecule has 0 unspecified atom stereocenters. The molecule has 88 valence electrons. The van der Waals surface area contributed by atoms with Gasteiger partial charge in [0.1, 0.15) is 0 Å². The normalized spacial score (nSPS) is 11.2. The van der Waals surface area contributed by atoms with Gasteiger partial charge < -0.3 is 11.1 Å². The van der Waals surface area contributed by atoms with Crippen molar-refractivity contribution in [3.63, 3.8) is 0 Å². The maximum atomic E-state index is 11.6. The molecule has 0 fully saturated rings. The van der Waals surface area contributed by atoms with Gasteiger partial charge in [-0.1, -0.05) is 44.2 Å². The van der Waals surface area contributed by atoms with E-state index in [1.165, 1.54) is 5.56 Å². The van der Waals surface area contributed by atoms with Crippen molar-refractivity contribution >= 4 is 5.91 Å². The minimum Gasteiger partial charge on any atom is -0.355 e. The van der Waals surface area contributed by atoms with Gasteiger partial charge >= 0.3 is 0 Å². The van der Waals surface area contributed by atoms with Crippen molar-refractivity contribution in [1.82, 2.24) is 5.32 Å². The zero-order chi connectivity index (χ0) is 12.0. The molecule has 0 aliphatic heterocycles. The Labute approximate surface area is 97.0 Å². The number of carbonyl (C=O) groups excluding carboxylic acids is 1. The minimum atomic E-state index is -0.139. The number of nitrogens with two attached hydrogens (primary N) is 1. The van der Waals surface area contributed by atoms with E-state index in [4.69, 9.17) is 5.73 Å². The van der Waals surface area contributed by atoms with E-state index in [9.17, 15) is 4.79 Å². The van der Waals surface area contributed by atoms with Crippen LogP contribution in [0.2, 0.25) is 0 Å². The SMILES string of the molecule is CC(C)(CC(=O)NCCN)c1ccccc1. The molecule has 0 atom stereocenters. The second-order valence-corrected chi connectivity index (χ2v) is 4.57. The predicted octanol–water partition coefficient (Wildman–Crippen LogP) is 1.43. The zero-order valence-electron chi connectivity index (χ0n) is 9.99. The van der Waals surface area contributed by atoms with E-state index in [0.29, 0.717) is 19.5 Å². The molecule has 0 bridgehead atoms. The molecule has 0 radical (unpaired) electrons. The Hall–Kier alpha value is -1.35. The minimum absolute atomic E-state index is 0.0549. The van der Waals surface area contributed by atoms with E-state index in [2.05, 4.69) is 31.3 Å². The molecule has 0 saturated carbocycles. The lowest BCUT2D eigenvalue weighted by Gasteiger charge is -2.24. The van der Waals surface area contributed by atoms with Crippen LogP contribution >= 0.6 is 0 Å². The maximum Gasteiger partial charge on any atom is 0.220 e. The Kier molecular flexibility index (Phi) is 4.50. The third-order valence-corrected chi connectivity index (χ3v) is 2.62. The predicted molar refractivity (Wildman–Crippen MR) is 66.1 cm³/mol. The first-order valence-corrected chi connectivity index (χ1v) is 5.58. The van der Waals surface area contributed by atoms with E-state index in [1.807, 2.05) is 18.2 Å². The molecule has 3 nitrogen and oxygen atoms in total. The van der Waals surface area contributed by atoms with Gasteiger partial charge in [0.25, 0.3) is 0 Å². The fourth-order valence-corrected chi connectivity index (χ4v) is 1.67. The third kappa shape index (κ3) is 3.66. The van der Waals surface area contributed by atoms with Crippen LogP contribution in [-0.4, -0.2) is 19.0 Å². The smallest absolute Gasteiger partial charge is 0.220 e. The van der Waals surface area contributed by atoms with Gasteiger partial charge in [0.2, 0.25) is 5.91 Å². The van der Waals surface area contributed by atoms with Crippen molar-refractivity contribution < 1.29 is 4.79 Å². The highest BCUT2D eigenvalue weighted by Gasteiger charge is 2.23. The fourth-order valence-electron chi connectivity index (χ4n) is 1.67. The summed E-state index contributed by atoms with van der Waals surface area (Å²) in [6.07, 6.45) is 0.483. The quantitative estimate of drug-likeness (QED) is 0.788. The highest BCUT2D eigenvalue weighted by molar-refractivity contribution is 5.77. The molecule has 0 aliphatic carbocycles. The molecule has 1 aromatic carbocycles. The third-order valence-electron chi connectivity index (χ3n) is 2.62. The summed E-state index contributed by atoms with van der Waals surface area (Å²) in [6.45, 7) is 5.18. The number of rotatable bonds is 5. The molecule has 0 saturated heterocycles. The molecule has 0 aliphatic rings. The standard InChI is InChI=1S/C13H20N2O/c1-13(2,10-12(16)15-9-8-14)11-6-4-3-5-7-11/h3-7H,8-10,14H2,1-2H3,(H,15,16). The van der Waals surface area contributed by atoms with Crippen LogP contribution in [0, 0.1) is 0 Å². The Balaban J connectivity index is 2.61. The van der Waals surface area contributed by atoms with Crippen LogP contribution < -0.4 is 11.1 Å². The van der Waals surface area contributed by atoms with Gasteiger partial charge in [0.15, 0.2) is 0 Å². The summed E-state index contributed by atoms with van der Waals surface area (Å²) < 4.78 is 0.